The summed E-state index contributed by atoms with van der Waals surface area (Å²) in [6, 6.07) is 18.5. The molecule has 3 heterocycles. The highest BCUT2D eigenvalue weighted by molar-refractivity contribution is 5.89. The molecule has 0 aliphatic rings. The minimum absolute atomic E-state index is 0.111. The fourth-order valence-corrected chi connectivity index (χ4v) is 3.07. The van der Waals surface area contributed by atoms with Crippen LogP contribution in [0.15, 0.2) is 95.3 Å². The zero-order valence-electron chi connectivity index (χ0n) is 16.6. The SMILES string of the molecule is O=C(Cn1ccccc1=O)N/N=C\c1cn(Cc2ccccc2)nc1-c1cccnc1. The molecule has 1 amide bonds. The number of hydrazone groups is 1. The van der Waals surface area contributed by atoms with E-state index < -0.39 is 5.91 Å². The minimum Gasteiger partial charge on any atom is -0.306 e. The Hall–Kier alpha value is -4.33. The van der Waals surface area contributed by atoms with E-state index in [2.05, 4.69) is 20.6 Å². The smallest absolute Gasteiger partial charge is 0.260 e. The minimum atomic E-state index is -0.399. The molecule has 3 aromatic heterocycles. The zero-order chi connectivity index (χ0) is 21.5. The van der Waals surface area contributed by atoms with Crippen molar-refractivity contribution in [3.8, 4) is 11.3 Å². The van der Waals surface area contributed by atoms with Crippen molar-refractivity contribution in [2.45, 2.75) is 13.1 Å². The van der Waals surface area contributed by atoms with Gasteiger partial charge in [-0.05, 0) is 23.8 Å². The number of hydrogen-bond acceptors (Lipinski definition) is 5. The molecule has 0 aliphatic carbocycles. The molecule has 0 bridgehead atoms. The molecule has 0 aliphatic heterocycles. The van der Waals surface area contributed by atoms with Gasteiger partial charge in [-0.1, -0.05) is 36.4 Å². The van der Waals surface area contributed by atoms with Crippen molar-refractivity contribution in [3.05, 3.63) is 107 Å². The first kappa shape index (κ1) is 20.0. The number of nitrogens with one attached hydrogen (secondary N) is 1. The zero-order valence-corrected chi connectivity index (χ0v) is 16.6. The number of rotatable bonds is 7. The predicted octanol–water partition coefficient (Wildman–Crippen LogP) is 2.31. The van der Waals surface area contributed by atoms with Crippen LogP contribution in [0.1, 0.15) is 11.1 Å². The monoisotopic (exact) mass is 412 g/mol. The molecule has 4 rings (SSSR count). The Labute approximate surface area is 178 Å². The Bertz CT molecular complexity index is 1250. The van der Waals surface area contributed by atoms with E-state index in [1.54, 1.807) is 36.9 Å². The lowest BCUT2D eigenvalue weighted by Crippen LogP contribution is -2.28. The average Bonchev–Trinajstić information content (AvgIpc) is 3.19. The molecule has 0 spiro atoms. The quantitative estimate of drug-likeness (QED) is 0.372. The van der Waals surface area contributed by atoms with Crippen LogP contribution >= 0.6 is 0 Å². The first-order chi connectivity index (χ1) is 15.2. The van der Waals surface area contributed by atoms with Crippen LogP contribution in [0.2, 0.25) is 0 Å². The number of amides is 1. The van der Waals surface area contributed by atoms with E-state index in [9.17, 15) is 9.59 Å². The highest BCUT2D eigenvalue weighted by Crippen LogP contribution is 2.20. The Balaban J connectivity index is 1.52. The largest absolute Gasteiger partial charge is 0.306 e. The lowest BCUT2D eigenvalue weighted by atomic mass is 10.1. The number of benzene rings is 1. The van der Waals surface area contributed by atoms with Gasteiger partial charge in [0.05, 0.1) is 12.8 Å². The maximum atomic E-state index is 12.1. The molecule has 1 N–H and O–H groups in total. The van der Waals surface area contributed by atoms with Crippen LogP contribution in [-0.4, -0.2) is 31.5 Å². The van der Waals surface area contributed by atoms with E-state index >= 15 is 0 Å². The number of pyridine rings is 2. The van der Waals surface area contributed by atoms with Crippen molar-refractivity contribution < 1.29 is 4.79 Å². The summed E-state index contributed by atoms with van der Waals surface area (Å²) in [4.78, 5) is 28.0. The summed E-state index contributed by atoms with van der Waals surface area (Å²) in [6.45, 7) is 0.491. The van der Waals surface area contributed by atoms with E-state index in [0.717, 1.165) is 16.7 Å². The van der Waals surface area contributed by atoms with Gasteiger partial charge in [-0.15, -0.1) is 0 Å². The topological polar surface area (TPSA) is 94.2 Å². The van der Waals surface area contributed by atoms with Gasteiger partial charge in [-0.3, -0.25) is 19.3 Å². The summed E-state index contributed by atoms with van der Waals surface area (Å²) in [6.07, 6.45) is 8.39. The maximum absolute atomic E-state index is 12.1. The van der Waals surface area contributed by atoms with Crippen LogP contribution in [0.4, 0.5) is 0 Å². The van der Waals surface area contributed by atoms with E-state index in [1.807, 2.05) is 53.3 Å². The van der Waals surface area contributed by atoms with Gasteiger partial charge in [0.25, 0.3) is 11.5 Å². The second-order valence-corrected chi connectivity index (χ2v) is 6.82. The molecular formula is C23H20N6O2. The molecule has 0 atom stereocenters. The highest BCUT2D eigenvalue weighted by atomic mass is 16.2. The van der Waals surface area contributed by atoms with Crippen LogP contribution in [0, 0.1) is 0 Å². The molecule has 8 heteroatoms. The third kappa shape index (κ3) is 5.18. The number of aromatic nitrogens is 4. The van der Waals surface area contributed by atoms with Crippen molar-refractivity contribution in [1.82, 2.24) is 24.8 Å². The Morgan fingerprint density at radius 1 is 1.06 bits per heavy atom. The molecule has 0 unspecified atom stereocenters. The summed E-state index contributed by atoms with van der Waals surface area (Å²) in [5.74, 6) is -0.399. The molecular weight excluding hydrogens is 392 g/mol. The van der Waals surface area contributed by atoms with Crippen LogP contribution in [-0.2, 0) is 17.9 Å². The lowest BCUT2D eigenvalue weighted by molar-refractivity contribution is -0.121. The highest BCUT2D eigenvalue weighted by Gasteiger charge is 2.11. The van der Waals surface area contributed by atoms with Gasteiger partial charge in [-0.25, -0.2) is 5.43 Å². The Kier molecular flexibility index (Phi) is 6.08. The van der Waals surface area contributed by atoms with Crippen molar-refractivity contribution in [1.29, 1.82) is 0 Å². The molecule has 8 nitrogen and oxygen atoms in total. The third-order valence-electron chi connectivity index (χ3n) is 4.52. The van der Waals surface area contributed by atoms with Gasteiger partial charge >= 0.3 is 0 Å². The number of carbonyl (C=O) groups is 1. The van der Waals surface area contributed by atoms with Crippen LogP contribution in [0.5, 0.6) is 0 Å². The second-order valence-electron chi connectivity index (χ2n) is 6.82. The van der Waals surface area contributed by atoms with E-state index in [4.69, 9.17) is 0 Å². The fourth-order valence-electron chi connectivity index (χ4n) is 3.07. The maximum Gasteiger partial charge on any atom is 0.260 e. The summed E-state index contributed by atoms with van der Waals surface area (Å²) in [5.41, 5.74) is 5.63. The lowest BCUT2D eigenvalue weighted by Gasteiger charge is -2.03. The fraction of sp³-hybridized carbons (Fsp3) is 0.0870. The predicted molar refractivity (Wildman–Crippen MR) is 117 cm³/mol. The van der Waals surface area contributed by atoms with Crippen molar-refractivity contribution >= 4 is 12.1 Å². The molecule has 0 fully saturated rings. The molecule has 31 heavy (non-hydrogen) atoms. The second kappa shape index (κ2) is 9.45. The summed E-state index contributed by atoms with van der Waals surface area (Å²) < 4.78 is 3.13. The molecule has 0 saturated heterocycles. The van der Waals surface area contributed by atoms with Crippen molar-refractivity contribution in [3.63, 3.8) is 0 Å². The summed E-state index contributed by atoms with van der Waals surface area (Å²) in [7, 11) is 0. The summed E-state index contributed by atoms with van der Waals surface area (Å²) in [5, 5.41) is 8.74. The number of hydrogen-bond donors (Lipinski definition) is 1. The molecule has 154 valence electrons. The van der Waals surface area contributed by atoms with Gasteiger partial charge < -0.3 is 4.57 Å². The Morgan fingerprint density at radius 3 is 2.68 bits per heavy atom. The molecule has 0 saturated carbocycles. The third-order valence-corrected chi connectivity index (χ3v) is 4.52. The Morgan fingerprint density at radius 2 is 1.90 bits per heavy atom. The van der Waals surface area contributed by atoms with Gasteiger partial charge in [-0.2, -0.15) is 10.2 Å². The standard InChI is InChI=1S/C23H20N6O2/c30-21(17-28-12-5-4-10-22(28)31)26-25-14-20-16-29(15-18-7-2-1-3-8-18)27-23(20)19-9-6-11-24-13-19/h1-14,16H,15,17H2,(H,26,30)/b25-14-. The first-order valence-corrected chi connectivity index (χ1v) is 9.68. The van der Waals surface area contributed by atoms with Gasteiger partial charge in [0.2, 0.25) is 0 Å². The molecule has 0 radical (unpaired) electrons. The van der Waals surface area contributed by atoms with E-state index in [-0.39, 0.29) is 12.1 Å². The van der Waals surface area contributed by atoms with Crippen molar-refractivity contribution in [2.75, 3.05) is 0 Å². The average molecular weight is 412 g/mol. The van der Waals surface area contributed by atoms with Gasteiger partial charge in [0.1, 0.15) is 12.2 Å². The summed E-state index contributed by atoms with van der Waals surface area (Å²) >= 11 is 0. The van der Waals surface area contributed by atoms with Crippen LogP contribution in [0.3, 0.4) is 0 Å². The van der Waals surface area contributed by atoms with Gasteiger partial charge in [0, 0.05) is 42.0 Å². The number of nitrogens with zero attached hydrogens (tertiary/aromatic N) is 5. The normalized spacial score (nSPS) is 11.0. The molecule has 1 aromatic carbocycles. The number of carbonyl (C=O) groups excluding carboxylic acids is 1. The molecule has 4 aromatic rings. The first-order valence-electron chi connectivity index (χ1n) is 9.68. The van der Waals surface area contributed by atoms with Crippen molar-refractivity contribution in [2.24, 2.45) is 5.10 Å². The van der Waals surface area contributed by atoms with Crippen LogP contribution in [0.25, 0.3) is 11.3 Å². The van der Waals surface area contributed by atoms with E-state index in [1.165, 1.54) is 10.6 Å². The van der Waals surface area contributed by atoms with Crippen LogP contribution < -0.4 is 11.0 Å². The van der Waals surface area contributed by atoms with Gasteiger partial charge in [0.15, 0.2) is 0 Å². The van der Waals surface area contributed by atoms with E-state index in [0.29, 0.717) is 12.2 Å².